The lowest BCUT2D eigenvalue weighted by atomic mass is 9.71. The monoisotopic (exact) mass is 239 g/mol. The molecule has 0 aromatic carbocycles. The Morgan fingerprint density at radius 2 is 2.24 bits per heavy atom. The van der Waals surface area contributed by atoms with Crippen LogP contribution in [0.5, 0.6) is 0 Å². The molecule has 2 atom stereocenters. The first-order chi connectivity index (χ1) is 7.96. The third kappa shape index (κ3) is 3.52. The van der Waals surface area contributed by atoms with Gasteiger partial charge < -0.3 is 10.0 Å². The van der Waals surface area contributed by atoms with Gasteiger partial charge in [-0.05, 0) is 37.6 Å². The molecule has 0 radical (unpaired) electrons. The van der Waals surface area contributed by atoms with E-state index in [9.17, 15) is 9.90 Å². The van der Waals surface area contributed by atoms with Crippen molar-refractivity contribution in [3.8, 4) is 0 Å². The molecular formula is C14H25NO2. The first-order valence-electron chi connectivity index (χ1n) is 6.89. The van der Waals surface area contributed by atoms with E-state index in [1.807, 2.05) is 0 Å². The summed E-state index contributed by atoms with van der Waals surface area (Å²) in [5, 5.41) is 9.65. The topological polar surface area (TPSA) is 40.5 Å². The third-order valence-corrected chi connectivity index (χ3v) is 4.26. The molecule has 1 heterocycles. The van der Waals surface area contributed by atoms with E-state index in [0.717, 1.165) is 51.7 Å². The lowest BCUT2D eigenvalue weighted by Gasteiger charge is -2.38. The Hall–Kier alpha value is -0.410. The molecule has 0 amide bonds. The summed E-state index contributed by atoms with van der Waals surface area (Å²) < 4.78 is 0. The van der Waals surface area contributed by atoms with Gasteiger partial charge in [0.25, 0.3) is 0 Å². The molecule has 2 rings (SSSR count). The Bertz CT molecular complexity index is 288. The maximum atomic E-state index is 11.9. The first kappa shape index (κ1) is 13.0. The van der Waals surface area contributed by atoms with Gasteiger partial charge >= 0.3 is 0 Å². The maximum absolute atomic E-state index is 11.9. The molecule has 2 unspecified atom stereocenters. The van der Waals surface area contributed by atoms with Crippen molar-refractivity contribution in [2.75, 3.05) is 19.6 Å². The highest BCUT2D eigenvalue weighted by Gasteiger charge is 2.35. The van der Waals surface area contributed by atoms with Gasteiger partial charge in [0.2, 0.25) is 0 Å². The number of likely N-dealkylation sites (tertiary alicyclic amines) is 1. The average molecular weight is 239 g/mol. The van der Waals surface area contributed by atoms with E-state index in [0.29, 0.717) is 11.2 Å². The number of carbonyl (C=O) groups is 1. The minimum absolute atomic E-state index is 0.185. The van der Waals surface area contributed by atoms with Gasteiger partial charge in [-0.2, -0.15) is 0 Å². The Morgan fingerprint density at radius 3 is 2.94 bits per heavy atom. The van der Waals surface area contributed by atoms with Crippen LogP contribution in [0.25, 0.3) is 0 Å². The van der Waals surface area contributed by atoms with Crippen molar-refractivity contribution < 1.29 is 9.90 Å². The van der Waals surface area contributed by atoms with E-state index in [2.05, 4.69) is 18.7 Å². The number of Topliss-reactive ketones (excluding diaryl/α,β-unsaturated/α-hetero) is 1. The zero-order chi connectivity index (χ0) is 12.5. The Balaban J connectivity index is 1.90. The maximum Gasteiger partial charge on any atom is 0.137 e. The molecule has 0 spiro atoms. The summed E-state index contributed by atoms with van der Waals surface area (Å²) in [4.78, 5) is 14.2. The molecule has 0 bridgehead atoms. The highest BCUT2D eigenvalue weighted by molar-refractivity contribution is 5.82. The van der Waals surface area contributed by atoms with Crippen molar-refractivity contribution in [3.05, 3.63) is 0 Å². The summed E-state index contributed by atoms with van der Waals surface area (Å²) in [5.41, 5.74) is 0.312. The number of aliphatic hydroxyl groups excluding tert-OH is 1. The van der Waals surface area contributed by atoms with Crippen LogP contribution < -0.4 is 0 Å². The summed E-state index contributed by atoms with van der Waals surface area (Å²) in [7, 11) is 0. The molecule has 3 heteroatoms. The summed E-state index contributed by atoms with van der Waals surface area (Å²) in [6.45, 7) is 7.18. The minimum Gasteiger partial charge on any atom is -0.392 e. The van der Waals surface area contributed by atoms with E-state index < -0.39 is 0 Å². The highest BCUT2D eigenvalue weighted by atomic mass is 16.3. The van der Waals surface area contributed by atoms with Gasteiger partial charge in [0, 0.05) is 25.4 Å². The molecule has 1 aliphatic heterocycles. The number of carbonyl (C=O) groups excluding carboxylic acids is 1. The van der Waals surface area contributed by atoms with Crippen LogP contribution in [0, 0.1) is 11.3 Å². The van der Waals surface area contributed by atoms with Gasteiger partial charge in [0.1, 0.15) is 5.78 Å². The fourth-order valence-corrected chi connectivity index (χ4v) is 3.22. The summed E-state index contributed by atoms with van der Waals surface area (Å²) in [6.07, 6.45) is 4.58. The molecule has 1 saturated carbocycles. The van der Waals surface area contributed by atoms with E-state index in [4.69, 9.17) is 0 Å². The van der Waals surface area contributed by atoms with Crippen LogP contribution in [0.4, 0.5) is 0 Å². The van der Waals surface area contributed by atoms with Crippen LogP contribution in [0.2, 0.25) is 0 Å². The van der Waals surface area contributed by atoms with Crippen molar-refractivity contribution in [2.24, 2.45) is 11.3 Å². The van der Waals surface area contributed by atoms with Crippen molar-refractivity contribution in [1.29, 1.82) is 0 Å². The summed E-state index contributed by atoms with van der Waals surface area (Å²) in [5.74, 6) is 0.633. The van der Waals surface area contributed by atoms with Gasteiger partial charge in [-0.3, -0.25) is 4.79 Å². The number of ketones is 1. The van der Waals surface area contributed by atoms with E-state index in [1.54, 1.807) is 0 Å². The molecule has 3 nitrogen and oxygen atoms in total. The van der Waals surface area contributed by atoms with Gasteiger partial charge in [0.05, 0.1) is 6.10 Å². The molecule has 2 fully saturated rings. The SMILES string of the molecule is CC1(C)CCC(=O)C(CN2CCCC(O)C2)C1. The van der Waals surface area contributed by atoms with Crippen LogP contribution in [0.1, 0.15) is 46.0 Å². The van der Waals surface area contributed by atoms with Crippen LogP contribution in [-0.4, -0.2) is 41.5 Å². The van der Waals surface area contributed by atoms with Crippen molar-refractivity contribution >= 4 is 5.78 Å². The molecule has 0 aromatic heterocycles. The zero-order valence-electron chi connectivity index (χ0n) is 11.1. The molecule has 1 N–H and O–H groups in total. The first-order valence-corrected chi connectivity index (χ1v) is 6.89. The highest BCUT2D eigenvalue weighted by Crippen LogP contribution is 2.37. The molecule has 1 saturated heterocycles. The van der Waals surface area contributed by atoms with Gasteiger partial charge in [-0.25, -0.2) is 0 Å². The number of hydrogen-bond donors (Lipinski definition) is 1. The standard InChI is InChI=1S/C14H25NO2/c1-14(2)6-5-13(17)11(8-14)9-15-7-3-4-12(16)10-15/h11-12,16H,3-10H2,1-2H3. The van der Waals surface area contributed by atoms with Crippen LogP contribution in [0.3, 0.4) is 0 Å². The lowest BCUT2D eigenvalue weighted by molar-refractivity contribution is -0.128. The second kappa shape index (κ2) is 5.07. The van der Waals surface area contributed by atoms with Gasteiger partial charge in [0.15, 0.2) is 0 Å². The normalized spacial score (nSPS) is 34.9. The molecular weight excluding hydrogens is 214 g/mol. The number of aliphatic hydroxyl groups is 1. The number of β-amino-alcohol motifs (C(OH)–C–C–N with tert-alkyl or cyclic N) is 1. The molecule has 0 aromatic rings. The number of nitrogens with zero attached hydrogens (tertiary/aromatic N) is 1. The number of rotatable bonds is 2. The minimum atomic E-state index is -0.185. The second-order valence-electron chi connectivity index (χ2n) is 6.59. The van der Waals surface area contributed by atoms with Crippen LogP contribution in [-0.2, 0) is 4.79 Å². The summed E-state index contributed by atoms with van der Waals surface area (Å²) >= 11 is 0. The van der Waals surface area contributed by atoms with E-state index in [1.165, 1.54) is 0 Å². The van der Waals surface area contributed by atoms with E-state index in [-0.39, 0.29) is 12.0 Å². The Morgan fingerprint density at radius 1 is 1.47 bits per heavy atom. The molecule has 17 heavy (non-hydrogen) atoms. The largest absolute Gasteiger partial charge is 0.392 e. The fraction of sp³-hybridized carbons (Fsp3) is 0.929. The smallest absolute Gasteiger partial charge is 0.137 e. The molecule has 98 valence electrons. The van der Waals surface area contributed by atoms with Crippen LogP contribution >= 0.6 is 0 Å². The number of hydrogen-bond acceptors (Lipinski definition) is 3. The van der Waals surface area contributed by atoms with Crippen molar-refractivity contribution in [1.82, 2.24) is 4.90 Å². The fourth-order valence-electron chi connectivity index (χ4n) is 3.22. The zero-order valence-corrected chi connectivity index (χ0v) is 11.1. The Labute approximate surface area is 104 Å². The molecule has 1 aliphatic carbocycles. The predicted molar refractivity (Wildman–Crippen MR) is 67.8 cm³/mol. The van der Waals surface area contributed by atoms with Crippen LogP contribution in [0.15, 0.2) is 0 Å². The van der Waals surface area contributed by atoms with Crippen molar-refractivity contribution in [2.45, 2.75) is 52.1 Å². The van der Waals surface area contributed by atoms with Gasteiger partial charge in [-0.1, -0.05) is 13.8 Å². The third-order valence-electron chi connectivity index (χ3n) is 4.26. The van der Waals surface area contributed by atoms with E-state index >= 15 is 0 Å². The lowest BCUT2D eigenvalue weighted by Crippen LogP contribution is -2.44. The quantitative estimate of drug-likeness (QED) is 0.799. The average Bonchev–Trinajstić information content (AvgIpc) is 2.23. The van der Waals surface area contributed by atoms with Gasteiger partial charge in [-0.15, -0.1) is 0 Å². The number of piperidine rings is 1. The predicted octanol–water partition coefficient (Wildman–Crippen LogP) is 1.84. The van der Waals surface area contributed by atoms with Crippen molar-refractivity contribution in [3.63, 3.8) is 0 Å². The Kier molecular flexibility index (Phi) is 3.88. The summed E-state index contributed by atoms with van der Waals surface area (Å²) in [6, 6.07) is 0. The molecule has 2 aliphatic rings. The second-order valence-corrected chi connectivity index (χ2v) is 6.59.